The summed E-state index contributed by atoms with van der Waals surface area (Å²) in [5.41, 5.74) is 1.22. The molecule has 0 saturated carbocycles. The van der Waals surface area contributed by atoms with Gasteiger partial charge in [0, 0.05) is 30.7 Å². The standard InChI is InChI=1S/C17H12F3N3/c18-12-5-3-4-11(8-12)17-22-15-9-13(19)14(20)10-16(15)23(17)7-2-1-6-21/h3-5,8-10H,1-2,7H2. The second kappa shape index (κ2) is 6.13. The number of nitrogens with zero attached hydrogens (tertiary/aromatic N) is 3. The molecule has 0 aliphatic heterocycles. The lowest BCUT2D eigenvalue weighted by Gasteiger charge is -2.08. The van der Waals surface area contributed by atoms with Gasteiger partial charge >= 0.3 is 0 Å². The van der Waals surface area contributed by atoms with Gasteiger partial charge in [0.2, 0.25) is 0 Å². The van der Waals surface area contributed by atoms with E-state index in [4.69, 9.17) is 5.26 Å². The first kappa shape index (κ1) is 15.1. The molecule has 0 aliphatic carbocycles. The summed E-state index contributed by atoms with van der Waals surface area (Å²) in [5, 5.41) is 8.68. The van der Waals surface area contributed by atoms with E-state index in [0.29, 0.717) is 41.8 Å². The maximum atomic E-state index is 13.6. The highest BCUT2D eigenvalue weighted by molar-refractivity contribution is 5.80. The van der Waals surface area contributed by atoms with Gasteiger partial charge in [-0.3, -0.25) is 0 Å². The minimum Gasteiger partial charge on any atom is -0.324 e. The highest BCUT2D eigenvalue weighted by atomic mass is 19.2. The highest BCUT2D eigenvalue weighted by Gasteiger charge is 2.16. The maximum Gasteiger partial charge on any atom is 0.161 e. The third kappa shape index (κ3) is 2.90. The SMILES string of the molecule is N#CCCCn1c(-c2cccc(F)c2)nc2cc(F)c(F)cc21. The maximum absolute atomic E-state index is 13.6. The predicted molar refractivity (Wildman–Crippen MR) is 79.9 cm³/mol. The van der Waals surface area contributed by atoms with Crippen molar-refractivity contribution in [2.24, 2.45) is 0 Å². The molecule has 0 bridgehead atoms. The molecule has 6 heteroatoms. The molecule has 0 saturated heterocycles. The van der Waals surface area contributed by atoms with Crippen molar-refractivity contribution < 1.29 is 13.2 Å². The van der Waals surface area contributed by atoms with E-state index in [1.54, 1.807) is 16.7 Å². The summed E-state index contributed by atoms with van der Waals surface area (Å²) in [4.78, 5) is 4.31. The van der Waals surface area contributed by atoms with Crippen LogP contribution in [-0.4, -0.2) is 9.55 Å². The van der Waals surface area contributed by atoms with Gasteiger partial charge in [-0.2, -0.15) is 5.26 Å². The number of rotatable bonds is 4. The monoisotopic (exact) mass is 315 g/mol. The van der Waals surface area contributed by atoms with Crippen LogP contribution in [0.5, 0.6) is 0 Å². The van der Waals surface area contributed by atoms with Gasteiger partial charge in [-0.25, -0.2) is 18.2 Å². The van der Waals surface area contributed by atoms with Gasteiger partial charge in [-0.15, -0.1) is 0 Å². The number of fused-ring (bicyclic) bond motifs is 1. The molecule has 3 rings (SSSR count). The zero-order chi connectivity index (χ0) is 16.4. The average Bonchev–Trinajstić information content (AvgIpc) is 2.86. The summed E-state index contributed by atoms with van der Waals surface area (Å²) in [6.45, 7) is 0.404. The largest absolute Gasteiger partial charge is 0.324 e. The smallest absolute Gasteiger partial charge is 0.161 e. The Balaban J connectivity index is 2.19. The van der Waals surface area contributed by atoms with Gasteiger partial charge in [-0.05, 0) is 18.6 Å². The fourth-order valence-corrected chi connectivity index (χ4v) is 2.51. The summed E-state index contributed by atoms with van der Waals surface area (Å²) in [5.74, 6) is -1.95. The molecule has 116 valence electrons. The molecule has 0 spiro atoms. The van der Waals surface area contributed by atoms with Crippen LogP contribution in [0.2, 0.25) is 0 Å². The van der Waals surface area contributed by atoms with Crippen molar-refractivity contribution in [1.82, 2.24) is 9.55 Å². The van der Waals surface area contributed by atoms with Crippen molar-refractivity contribution in [3.05, 3.63) is 53.8 Å². The van der Waals surface area contributed by atoms with E-state index in [0.717, 1.165) is 12.1 Å². The second-order valence-corrected chi connectivity index (χ2v) is 5.11. The molecule has 0 fully saturated rings. The molecule has 3 nitrogen and oxygen atoms in total. The number of aromatic nitrogens is 2. The number of halogens is 3. The molecule has 0 unspecified atom stereocenters. The molecular formula is C17H12F3N3. The van der Waals surface area contributed by atoms with Crippen LogP contribution < -0.4 is 0 Å². The molecular weight excluding hydrogens is 303 g/mol. The molecule has 23 heavy (non-hydrogen) atoms. The van der Waals surface area contributed by atoms with E-state index in [9.17, 15) is 13.2 Å². The number of nitriles is 1. The van der Waals surface area contributed by atoms with Crippen LogP contribution in [0.1, 0.15) is 12.8 Å². The number of hydrogen-bond acceptors (Lipinski definition) is 2. The van der Waals surface area contributed by atoms with Gasteiger partial charge in [0.25, 0.3) is 0 Å². The van der Waals surface area contributed by atoms with Gasteiger partial charge < -0.3 is 4.57 Å². The Morgan fingerprint density at radius 1 is 1.09 bits per heavy atom. The second-order valence-electron chi connectivity index (χ2n) is 5.11. The molecule has 1 heterocycles. The summed E-state index contributed by atoms with van der Waals surface area (Å²) >= 11 is 0. The van der Waals surface area contributed by atoms with Crippen molar-refractivity contribution in [3.8, 4) is 17.5 Å². The topological polar surface area (TPSA) is 41.6 Å². The van der Waals surface area contributed by atoms with Crippen LogP contribution in [0.15, 0.2) is 36.4 Å². The third-order valence-electron chi connectivity index (χ3n) is 3.54. The number of unbranched alkanes of at least 4 members (excludes halogenated alkanes) is 1. The molecule has 0 amide bonds. The van der Waals surface area contributed by atoms with Crippen molar-refractivity contribution in [2.45, 2.75) is 19.4 Å². The van der Waals surface area contributed by atoms with Crippen LogP contribution in [0, 0.1) is 28.8 Å². The zero-order valence-electron chi connectivity index (χ0n) is 12.1. The Labute approximate surface area is 130 Å². The fourth-order valence-electron chi connectivity index (χ4n) is 2.51. The lowest BCUT2D eigenvalue weighted by Crippen LogP contribution is -2.01. The molecule has 0 aliphatic rings. The Bertz CT molecular complexity index is 909. The minimum atomic E-state index is -0.982. The van der Waals surface area contributed by atoms with E-state index in [1.807, 2.05) is 6.07 Å². The van der Waals surface area contributed by atoms with Crippen molar-refractivity contribution in [3.63, 3.8) is 0 Å². The van der Waals surface area contributed by atoms with Crippen LogP contribution in [0.25, 0.3) is 22.4 Å². The first-order valence-corrected chi connectivity index (χ1v) is 7.08. The lowest BCUT2D eigenvalue weighted by atomic mass is 10.2. The van der Waals surface area contributed by atoms with Crippen molar-refractivity contribution in [1.29, 1.82) is 5.26 Å². The number of imidazole rings is 1. The Kier molecular flexibility index (Phi) is 4.02. The van der Waals surface area contributed by atoms with E-state index in [1.165, 1.54) is 12.1 Å². The van der Waals surface area contributed by atoms with E-state index >= 15 is 0 Å². The highest BCUT2D eigenvalue weighted by Crippen LogP contribution is 2.27. The van der Waals surface area contributed by atoms with E-state index in [-0.39, 0.29) is 0 Å². The summed E-state index contributed by atoms with van der Waals surface area (Å²) in [7, 11) is 0. The Morgan fingerprint density at radius 2 is 1.87 bits per heavy atom. The van der Waals surface area contributed by atoms with Crippen LogP contribution >= 0.6 is 0 Å². The first-order valence-electron chi connectivity index (χ1n) is 7.08. The van der Waals surface area contributed by atoms with Crippen LogP contribution in [-0.2, 0) is 6.54 Å². The molecule has 2 aromatic carbocycles. The van der Waals surface area contributed by atoms with Crippen molar-refractivity contribution >= 4 is 11.0 Å². The van der Waals surface area contributed by atoms with Crippen molar-refractivity contribution in [2.75, 3.05) is 0 Å². The average molecular weight is 315 g/mol. The molecule has 3 aromatic rings. The zero-order valence-corrected chi connectivity index (χ0v) is 12.1. The third-order valence-corrected chi connectivity index (χ3v) is 3.54. The van der Waals surface area contributed by atoms with E-state index < -0.39 is 17.5 Å². The molecule has 0 atom stereocenters. The summed E-state index contributed by atoms with van der Waals surface area (Å²) in [6, 6.07) is 9.99. The summed E-state index contributed by atoms with van der Waals surface area (Å²) in [6.07, 6.45) is 0.856. The van der Waals surface area contributed by atoms with Gasteiger partial charge in [-0.1, -0.05) is 12.1 Å². The van der Waals surface area contributed by atoms with Gasteiger partial charge in [0.15, 0.2) is 11.6 Å². The first-order chi connectivity index (χ1) is 11.1. The van der Waals surface area contributed by atoms with Gasteiger partial charge in [0.1, 0.15) is 11.6 Å². The minimum absolute atomic E-state index is 0.292. The summed E-state index contributed by atoms with van der Waals surface area (Å²) < 4.78 is 42.2. The van der Waals surface area contributed by atoms with E-state index in [2.05, 4.69) is 4.98 Å². The number of hydrogen-bond donors (Lipinski definition) is 0. The predicted octanol–water partition coefficient (Wildman–Crippen LogP) is 4.42. The lowest BCUT2D eigenvalue weighted by molar-refractivity contribution is 0.510. The molecule has 0 N–H and O–H groups in total. The Morgan fingerprint density at radius 3 is 2.61 bits per heavy atom. The quantitative estimate of drug-likeness (QED) is 0.669. The Hall–Kier alpha value is -2.81. The fraction of sp³-hybridized carbons (Fsp3) is 0.176. The van der Waals surface area contributed by atoms with Gasteiger partial charge in [0.05, 0.1) is 17.1 Å². The molecule has 1 aromatic heterocycles. The molecule has 0 radical (unpaired) electrons. The number of aryl methyl sites for hydroxylation is 1. The number of benzene rings is 2. The normalized spacial score (nSPS) is 10.9. The van der Waals surface area contributed by atoms with Crippen LogP contribution in [0.4, 0.5) is 13.2 Å². The van der Waals surface area contributed by atoms with Crippen LogP contribution in [0.3, 0.4) is 0 Å².